The van der Waals surface area contributed by atoms with Crippen LogP contribution in [0.3, 0.4) is 0 Å². The minimum Gasteiger partial charge on any atom is -0.271 e. The van der Waals surface area contributed by atoms with Crippen LogP contribution in [0.15, 0.2) is 6.20 Å². The number of halogens is 1. The number of nitrogens with zero attached hydrogens (tertiary/aromatic N) is 2. The van der Waals surface area contributed by atoms with Crippen molar-refractivity contribution in [3.05, 3.63) is 16.9 Å². The van der Waals surface area contributed by atoms with Crippen LogP contribution in [0.5, 0.6) is 0 Å². The number of hydrogen-bond acceptors (Lipinski definition) is 3. The van der Waals surface area contributed by atoms with Gasteiger partial charge in [0.1, 0.15) is 0 Å². The highest BCUT2D eigenvalue weighted by molar-refractivity contribution is 6.31. The quantitative estimate of drug-likeness (QED) is 0.645. The van der Waals surface area contributed by atoms with Crippen molar-refractivity contribution in [3.8, 4) is 0 Å². The second-order valence-corrected chi connectivity index (χ2v) is 7.07. The zero-order chi connectivity index (χ0) is 14.4. The molecule has 1 aromatic heterocycles. The Morgan fingerprint density at radius 1 is 1.42 bits per heavy atom. The Morgan fingerprint density at radius 3 is 2.42 bits per heavy atom. The summed E-state index contributed by atoms with van der Waals surface area (Å²) < 4.78 is 1.98. The van der Waals surface area contributed by atoms with Gasteiger partial charge in [-0.05, 0) is 23.2 Å². The number of hydrazine groups is 1. The smallest absolute Gasteiger partial charge is 0.0834 e. The number of hydrogen-bond donors (Lipinski definition) is 2. The first-order chi connectivity index (χ1) is 8.79. The molecule has 1 heterocycles. The summed E-state index contributed by atoms with van der Waals surface area (Å²) in [6, 6.07) is 0.0477. The summed E-state index contributed by atoms with van der Waals surface area (Å²) in [5, 5.41) is 5.07. The highest BCUT2D eigenvalue weighted by atomic mass is 35.5. The molecule has 0 radical (unpaired) electrons. The Balaban J connectivity index is 2.37. The van der Waals surface area contributed by atoms with Crippen LogP contribution in [-0.2, 0) is 6.54 Å². The summed E-state index contributed by atoms with van der Waals surface area (Å²) in [4.78, 5) is 0. The van der Waals surface area contributed by atoms with Gasteiger partial charge in [-0.15, -0.1) is 0 Å². The van der Waals surface area contributed by atoms with E-state index < -0.39 is 0 Å². The van der Waals surface area contributed by atoms with E-state index >= 15 is 0 Å². The fraction of sp³-hybridized carbons (Fsp3) is 0.786. The molecule has 0 aliphatic heterocycles. The molecule has 0 aromatic carbocycles. The van der Waals surface area contributed by atoms with E-state index in [0.29, 0.717) is 10.9 Å². The van der Waals surface area contributed by atoms with Gasteiger partial charge in [-0.3, -0.25) is 16.0 Å². The van der Waals surface area contributed by atoms with Gasteiger partial charge < -0.3 is 0 Å². The fourth-order valence-corrected chi connectivity index (χ4v) is 3.74. The van der Waals surface area contributed by atoms with Crippen molar-refractivity contribution in [1.82, 2.24) is 15.2 Å². The highest BCUT2D eigenvalue weighted by Crippen LogP contribution is 2.72. The molecule has 0 saturated heterocycles. The van der Waals surface area contributed by atoms with Gasteiger partial charge in [0.05, 0.1) is 23.0 Å². The number of nitrogens with one attached hydrogen (secondary N) is 1. The summed E-state index contributed by atoms with van der Waals surface area (Å²) >= 11 is 6.33. The highest BCUT2D eigenvalue weighted by Gasteiger charge is 2.67. The monoisotopic (exact) mass is 284 g/mol. The molecule has 1 fully saturated rings. The van der Waals surface area contributed by atoms with Gasteiger partial charge >= 0.3 is 0 Å². The van der Waals surface area contributed by atoms with E-state index in [1.807, 2.05) is 4.68 Å². The van der Waals surface area contributed by atoms with Crippen LogP contribution >= 0.6 is 11.6 Å². The van der Waals surface area contributed by atoms with Crippen molar-refractivity contribution in [2.75, 3.05) is 0 Å². The van der Waals surface area contributed by atoms with Crippen LogP contribution in [0.25, 0.3) is 0 Å². The van der Waals surface area contributed by atoms with E-state index in [1.54, 1.807) is 6.20 Å². The minimum atomic E-state index is 0.0477. The maximum atomic E-state index is 6.33. The molecule has 2 rings (SSSR count). The summed E-state index contributed by atoms with van der Waals surface area (Å²) in [5.74, 6) is 6.28. The van der Waals surface area contributed by atoms with Gasteiger partial charge in [0, 0.05) is 6.54 Å². The molecule has 0 spiro atoms. The first-order valence-electron chi connectivity index (χ1n) is 6.96. The summed E-state index contributed by atoms with van der Waals surface area (Å²) in [7, 11) is 0. The van der Waals surface area contributed by atoms with Crippen molar-refractivity contribution < 1.29 is 0 Å². The normalized spacial score (nSPS) is 22.5. The van der Waals surface area contributed by atoms with Crippen LogP contribution in [-0.4, -0.2) is 9.78 Å². The molecule has 1 saturated carbocycles. The van der Waals surface area contributed by atoms with E-state index in [9.17, 15) is 0 Å². The molecule has 1 atom stereocenters. The van der Waals surface area contributed by atoms with Crippen molar-refractivity contribution >= 4 is 11.6 Å². The van der Waals surface area contributed by atoms with Gasteiger partial charge in [0.25, 0.3) is 0 Å². The third-order valence-corrected chi connectivity index (χ3v) is 5.50. The van der Waals surface area contributed by atoms with E-state index in [-0.39, 0.29) is 16.9 Å². The molecule has 4 nitrogen and oxygen atoms in total. The summed E-state index contributed by atoms with van der Waals surface area (Å²) in [6.07, 6.45) is 2.75. The lowest BCUT2D eigenvalue weighted by Gasteiger charge is -2.20. The van der Waals surface area contributed by atoms with Gasteiger partial charge in [-0.1, -0.05) is 46.2 Å². The lowest BCUT2D eigenvalue weighted by molar-refractivity contribution is 0.386. The molecule has 19 heavy (non-hydrogen) atoms. The molecule has 1 aliphatic carbocycles. The van der Waals surface area contributed by atoms with Crippen LogP contribution in [0.1, 0.15) is 52.8 Å². The van der Waals surface area contributed by atoms with E-state index in [1.165, 1.54) is 0 Å². The third-order valence-electron chi connectivity index (χ3n) is 5.21. The average Bonchev–Trinajstić information content (AvgIpc) is 2.60. The summed E-state index contributed by atoms with van der Waals surface area (Å²) in [6.45, 7) is 12.2. The van der Waals surface area contributed by atoms with Crippen LogP contribution < -0.4 is 11.3 Å². The Hall–Kier alpha value is -0.580. The van der Waals surface area contributed by atoms with E-state index in [4.69, 9.17) is 17.4 Å². The van der Waals surface area contributed by atoms with Crippen LogP contribution in [0.4, 0.5) is 0 Å². The number of aryl methyl sites for hydroxylation is 1. The largest absolute Gasteiger partial charge is 0.271 e. The van der Waals surface area contributed by atoms with Crippen LogP contribution in [0, 0.1) is 16.7 Å². The predicted octanol–water partition coefficient (Wildman–Crippen LogP) is 3.13. The first kappa shape index (κ1) is 14.8. The van der Waals surface area contributed by atoms with Crippen molar-refractivity contribution in [2.24, 2.45) is 22.6 Å². The van der Waals surface area contributed by atoms with Crippen molar-refractivity contribution in [2.45, 2.75) is 53.6 Å². The lowest BCUT2D eigenvalue weighted by atomic mass is 10.0. The molecule has 1 aromatic rings. The Kier molecular flexibility index (Phi) is 3.71. The molecule has 108 valence electrons. The first-order valence-corrected chi connectivity index (χ1v) is 7.34. The zero-order valence-corrected chi connectivity index (χ0v) is 13.3. The SMILES string of the molecule is CCCn1ncc(Cl)c1C(NN)C1C(C)(C)C1(C)C. The summed E-state index contributed by atoms with van der Waals surface area (Å²) in [5.41, 5.74) is 4.48. The van der Waals surface area contributed by atoms with Gasteiger partial charge in [0.15, 0.2) is 0 Å². The number of rotatable bonds is 5. The number of nitrogens with two attached hydrogens (primary N) is 1. The lowest BCUT2D eigenvalue weighted by Crippen LogP contribution is -2.33. The van der Waals surface area contributed by atoms with Gasteiger partial charge in [-0.25, -0.2) is 0 Å². The van der Waals surface area contributed by atoms with E-state index in [2.05, 4.69) is 45.1 Å². The maximum Gasteiger partial charge on any atom is 0.0834 e. The van der Waals surface area contributed by atoms with E-state index in [0.717, 1.165) is 18.7 Å². The second kappa shape index (κ2) is 4.76. The standard InChI is InChI=1S/C14H25ClN4/c1-6-7-19-11(9(15)8-17-19)10(18-16)12-13(2,3)14(12,4)5/h8,10,12,18H,6-7,16H2,1-5H3. The molecule has 0 bridgehead atoms. The Labute approximate surface area is 120 Å². The molecular formula is C14H25ClN4. The zero-order valence-electron chi connectivity index (χ0n) is 12.5. The molecule has 3 N–H and O–H groups in total. The molecule has 0 amide bonds. The molecule has 1 unspecified atom stereocenters. The maximum absolute atomic E-state index is 6.33. The molecular weight excluding hydrogens is 260 g/mol. The number of aromatic nitrogens is 2. The van der Waals surface area contributed by atoms with Gasteiger partial charge in [0.2, 0.25) is 0 Å². The second-order valence-electron chi connectivity index (χ2n) is 6.67. The third kappa shape index (κ3) is 2.10. The minimum absolute atomic E-state index is 0.0477. The topological polar surface area (TPSA) is 55.9 Å². The Bertz CT molecular complexity index is 450. The molecule has 1 aliphatic rings. The predicted molar refractivity (Wildman–Crippen MR) is 78.6 cm³/mol. The molecule has 5 heteroatoms. The fourth-order valence-electron chi connectivity index (χ4n) is 3.48. The van der Waals surface area contributed by atoms with Crippen molar-refractivity contribution in [1.29, 1.82) is 0 Å². The Morgan fingerprint density at radius 2 is 2.00 bits per heavy atom. The van der Waals surface area contributed by atoms with Crippen LogP contribution in [0.2, 0.25) is 5.02 Å². The van der Waals surface area contributed by atoms with Crippen molar-refractivity contribution in [3.63, 3.8) is 0 Å². The average molecular weight is 285 g/mol. The van der Waals surface area contributed by atoms with Gasteiger partial charge in [-0.2, -0.15) is 5.10 Å².